The van der Waals surface area contributed by atoms with Gasteiger partial charge in [-0.2, -0.15) is 5.10 Å². The molecular weight excluding hydrogens is 338 g/mol. The fourth-order valence-electron chi connectivity index (χ4n) is 1.12. The Bertz CT molecular complexity index is 476. The molecule has 0 saturated carbocycles. The van der Waals surface area contributed by atoms with Gasteiger partial charge in [-0.05, 0) is 46.9 Å². The zero-order chi connectivity index (χ0) is 11.4. The second-order valence-electron chi connectivity index (χ2n) is 3.06. The van der Waals surface area contributed by atoms with Crippen molar-refractivity contribution in [2.45, 2.75) is 5.88 Å². The summed E-state index contributed by atoms with van der Waals surface area (Å²) in [5.41, 5.74) is 0.733. The number of rotatable bonds is 3. The van der Waals surface area contributed by atoms with E-state index in [1.54, 1.807) is 12.1 Å². The monoisotopic (exact) mass is 346 g/mol. The second-order valence-corrected chi connectivity index (χ2v) is 4.57. The van der Waals surface area contributed by atoms with E-state index < -0.39 is 0 Å². The highest BCUT2D eigenvalue weighted by molar-refractivity contribution is 14.1. The van der Waals surface area contributed by atoms with E-state index in [1.807, 2.05) is 24.3 Å². The number of hydrogen-bond donors (Lipinski definition) is 0. The molecule has 1 heterocycles. The minimum atomic E-state index is 0.358. The summed E-state index contributed by atoms with van der Waals surface area (Å²) in [4.78, 5) is 0. The van der Waals surface area contributed by atoms with Gasteiger partial charge in [0.2, 0.25) is 5.88 Å². The molecule has 0 aliphatic rings. The van der Waals surface area contributed by atoms with E-state index in [0.29, 0.717) is 11.8 Å². The van der Waals surface area contributed by atoms with Crippen molar-refractivity contribution in [3.8, 4) is 11.6 Å². The van der Waals surface area contributed by atoms with E-state index in [9.17, 15) is 0 Å². The van der Waals surface area contributed by atoms with Crippen LogP contribution in [-0.2, 0) is 5.88 Å². The van der Waals surface area contributed by atoms with Gasteiger partial charge in [0.25, 0.3) is 0 Å². The van der Waals surface area contributed by atoms with Crippen LogP contribution in [0.15, 0.2) is 36.4 Å². The molecule has 2 rings (SSSR count). The summed E-state index contributed by atoms with van der Waals surface area (Å²) in [5, 5.41) is 7.82. The lowest BCUT2D eigenvalue weighted by atomic mass is 10.3. The van der Waals surface area contributed by atoms with Crippen molar-refractivity contribution in [1.29, 1.82) is 0 Å². The Kier molecular flexibility index (Phi) is 3.95. The molecule has 0 aliphatic carbocycles. The SMILES string of the molecule is ClCc1ccc(Oc2cccc(I)c2)nn1. The average Bonchev–Trinajstić information content (AvgIpc) is 2.30. The fourth-order valence-corrected chi connectivity index (χ4v) is 1.78. The molecule has 0 unspecified atom stereocenters. The van der Waals surface area contributed by atoms with Crippen molar-refractivity contribution in [2.75, 3.05) is 0 Å². The minimum Gasteiger partial charge on any atom is -0.437 e. The molecule has 0 aliphatic heterocycles. The molecule has 1 aromatic heterocycles. The Balaban J connectivity index is 2.14. The molecule has 0 radical (unpaired) electrons. The first-order valence-electron chi connectivity index (χ1n) is 4.60. The summed E-state index contributed by atoms with van der Waals surface area (Å²) < 4.78 is 6.65. The number of aromatic nitrogens is 2. The van der Waals surface area contributed by atoms with E-state index in [1.165, 1.54) is 0 Å². The maximum atomic E-state index is 5.62. The van der Waals surface area contributed by atoms with Gasteiger partial charge in [-0.25, -0.2) is 0 Å². The third-order valence-electron chi connectivity index (χ3n) is 1.85. The number of nitrogens with zero attached hydrogens (tertiary/aromatic N) is 2. The largest absolute Gasteiger partial charge is 0.437 e. The smallest absolute Gasteiger partial charge is 0.238 e. The molecular formula is C11H8ClIN2O. The lowest BCUT2D eigenvalue weighted by molar-refractivity contribution is 0.454. The van der Waals surface area contributed by atoms with Crippen LogP contribution in [0.2, 0.25) is 0 Å². The van der Waals surface area contributed by atoms with Crippen molar-refractivity contribution in [1.82, 2.24) is 10.2 Å². The highest BCUT2D eigenvalue weighted by Gasteiger charge is 2.00. The Labute approximate surface area is 112 Å². The molecule has 82 valence electrons. The van der Waals surface area contributed by atoms with E-state index in [2.05, 4.69) is 32.8 Å². The molecule has 0 spiro atoms. The summed E-state index contributed by atoms with van der Waals surface area (Å²) in [5.74, 6) is 1.58. The van der Waals surface area contributed by atoms with Crippen LogP contribution in [0.25, 0.3) is 0 Å². The van der Waals surface area contributed by atoms with Gasteiger partial charge in [0, 0.05) is 9.64 Å². The van der Waals surface area contributed by atoms with Crippen LogP contribution < -0.4 is 4.74 Å². The molecule has 0 bridgehead atoms. The predicted molar refractivity (Wildman–Crippen MR) is 70.8 cm³/mol. The molecule has 5 heteroatoms. The van der Waals surface area contributed by atoms with E-state index in [0.717, 1.165) is 15.0 Å². The van der Waals surface area contributed by atoms with E-state index in [-0.39, 0.29) is 0 Å². The summed E-state index contributed by atoms with van der Waals surface area (Å²) in [7, 11) is 0. The Morgan fingerprint density at radius 1 is 1.19 bits per heavy atom. The van der Waals surface area contributed by atoms with Crippen LogP contribution in [0.5, 0.6) is 11.6 Å². The van der Waals surface area contributed by atoms with Gasteiger partial charge >= 0.3 is 0 Å². The third-order valence-corrected chi connectivity index (χ3v) is 2.80. The maximum Gasteiger partial charge on any atom is 0.238 e. The summed E-state index contributed by atoms with van der Waals surface area (Å²) in [6.07, 6.45) is 0. The number of halogens is 2. The van der Waals surface area contributed by atoms with Crippen LogP contribution in [0.3, 0.4) is 0 Å². The molecule has 0 fully saturated rings. The number of alkyl halides is 1. The van der Waals surface area contributed by atoms with Crippen LogP contribution in [0.4, 0.5) is 0 Å². The summed E-state index contributed by atoms with van der Waals surface area (Å²) in [6.45, 7) is 0. The second kappa shape index (κ2) is 5.45. The summed E-state index contributed by atoms with van der Waals surface area (Å²) in [6, 6.07) is 11.3. The first kappa shape index (κ1) is 11.6. The summed E-state index contributed by atoms with van der Waals surface area (Å²) >= 11 is 7.84. The quantitative estimate of drug-likeness (QED) is 0.629. The minimum absolute atomic E-state index is 0.358. The highest BCUT2D eigenvalue weighted by Crippen LogP contribution is 2.20. The molecule has 0 atom stereocenters. The molecule has 16 heavy (non-hydrogen) atoms. The maximum absolute atomic E-state index is 5.62. The highest BCUT2D eigenvalue weighted by atomic mass is 127. The lowest BCUT2D eigenvalue weighted by Crippen LogP contribution is -1.93. The van der Waals surface area contributed by atoms with Crippen LogP contribution >= 0.6 is 34.2 Å². The van der Waals surface area contributed by atoms with Crippen LogP contribution in [0, 0.1) is 3.57 Å². The number of hydrogen-bond acceptors (Lipinski definition) is 3. The average molecular weight is 347 g/mol. The van der Waals surface area contributed by atoms with Gasteiger partial charge in [0.1, 0.15) is 5.75 Å². The predicted octanol–water partition coefficient (Wildman–Crippen LogP) is 3.61. The van der Waals surface area contributed by atoms with Crippen LogP contribution in [-0.4, -0.2) is 10.2 Å². The van der Waals surface area contributed by atoms with Gasteiger partial charge < -0.3 is 4.74 Å². The Morgan fingerprint density at radius 3 is 2.69 bits per heavy atom. The molecule has 2 aromatic rings. The zero-order valence-corrected chi connectivity index (χ0v) is 11.1. The van der Waals surface area contributed by atoms with E-state index >= 15 is 0 Å². The number of benzene rings is 1. The van der Waals surface area contributed by atoms with Crippen molar-refractivity contribution in [3.63, 3.8) is 0 Å². The van der Waals surface area contributed by atoms with Crippen molar-refractivity contribution in [2.24, 2.45) is 0 Å². The van der Waals surface area contributed by atoms with Gasteiger partial charge in [-0.3, -0.25) is 0 Å². The molecule has 0 N–H and O–H groups in total. The topological polar surface area (TPSA) is 35.0 Å². The molecule has 3 nitrogen and oxygen atoms in total. The fraction of sp³-hybridized carbons (Fsp3) is 0.0909. The van der Waals surface area contributed by atoms with Crippen molar-refractivity contribution in [3.05, 3.63) is 45.7 Å². The first-order chi connectivity index (χ1) is 7.78. The molecule has 0 saturated heterocycles. The van der Waals surface area contributed by atoms with Crippen molar-refractivity contribution >= 4 is 34.2 Å². The Hall–Kier alpha value is -0.880. The zero-order valence-electron chi connectivity index (χ0n) is 8.23. The van der Waals surface area contributed by atoms with Gasteiger partial charge in [-0.1, -0.05) is 6.07 Å². The van der Waals surface area contributed by atoms with Gasteiger partial charge in [-0.15, -0.1) is 16.7 Å². The van der Waals surface area contributed by atoms with Crippen molar-refractivity contribution < 1.29 is 4.74 Å². The lowest BCUT2D eigenvalue weighted by Gasteiger charge is -2.04. The third kappa shape index (κ3) is 3.05. The normalized spacial score (nSPS) is 10.1. The van der Waals surface area contributed by atoms with Gasteiger partial charge in [0.05, 0.1) is 11.6 Å². The number of ether oxygens (including phenoxy) is 1. The Morgan fingerprint density at radius 2 is 2.06 bits per heavy atom. The van der Waals surface area contributed by atoms with Crippen LogP contribution in [0.1, 0.15) is 5.69 Å². The standard InChI is InChI=1S/C11H8ClIN2O/c12-7-9-4-5-11(15-14-9)16-10-3-1-2-8(13)6-10/h1-6H,7H2. The molecule has 1 aromatic carbocycles. The van der Waals surface area contributed by atoms with E-state index in [4.69, 9.17) is 16.3 Å². The molecule has 0 amide bonds. The van der Waals surface area contributed by atoms with Gasteiger partial charge in [0.15, 0.2) is 0 Å². The first-order valence-corrected chi connectivity index (χ1v) is 6.21.